The minimum Gasteiger partial charge on any atom is -0.506 e. The molecule has 2 aliphatic rings. The van der Waals surface area contributed by atoms with Gasteiger partial charge in [0.05, 0.1) is 19.4 Å². The first kappa shape index (κ1) is 17.3. The van der Waals surface area contributed by atoms with E-state index >= 15 is 0 Å². The van der Waals surface area contributed by atoms with E-state index in [-0.39, 0.29) is 28.7 Å². The summed E-state index contributed by atoms with van der Waals surface area (Å²) in [6.07, 6.45) is -0.778. The van der Waals surface area contributed by atoms with E-state index in [1.54, 1.807) is 18.2 Å². The van der Waals surface area contributed by atoms with Crippen LogP contribution in [-0.2, 0) is 9.53 Å². The molecule has 5 rings (SSSR count). The van der Waals surface area contributed by atoms with Crippen molar-refractivity contribution in [3.63, 3.8) is 0 Å². The molecule has 0 bridgehead atoms. The van der Waals surface area contributed by atoms with Crippen molar-refractivity contribution < 1.29 is 33.3 Å². The Kier molecular flexibility index (Phi) is 3.64. The van der Waals surface area contributed by atoms with Gasteiger partial charge in [-0.1, -0.05) is 30.3 Å². The number of ether oxygens (including phenoxy) is 3. The van der Waals surface area contributed by atoms with Crippen LogP contribution in [0.3, 0.4) is 0 Å². The Morgan fingerprint density at radius 2 is 1.93 bits per heavy atom. The van der Waals surface area contributed by atoms with Gasteiger partial charge in [0.2, 0.25) is 5.78 Å². The molecule has 1 fully saturated rings. The van der Waals surface area contributed by atoms with Gasteiger partial charge in [-0.2, -0.15) is 0 Å². The number of hydrogen-bond acceptors (Lipinski definition) is 8. The summed E-state index contributed by atoms with van der Waals surface area (Å²) < 4.78 is 21.6. The second-order valence-electron chi connectivity index (χ2n) is 6.79. The molecule has 1 saturated heterocycles. The largest absolute Gasteiger partial charge is 0.506 e. The van der Waals surface area contributed by atoms with Crippen molar-refractivity contribution in [3.05, 3.63) is 63.5 Å². The van der Waals surface area contributed by atoms with Crippen LogP contribution in [-0.4, -0.2) is 30.3 Å². The van der Waals surface area contributed by atoms with Crippen LogP contribution in [0.2, 0.25) is 0 Å². The molecule has 2 aliphatic heterocycles. The number of carbonyl (C=O) groups is 2. The van der Waals surface area contributed by atoms with Crippen molar-refractivity contribution in [2.75, 3.05) is 7.11 Å². The molecule has 1 aromatic heterocycles. The minimum absolute atomic E-state index is 0.0114. The first-order valence-corrected chi connectivity index (χ1v) is 8.86. The first-order valence-electron chi connectivity index (χ1n) is 8.86. The van der Waals surface area contributed by atoms with E-state index in [2.05, 4.69) is 0 Å². The van der Waals surface area contributed by atoms with Gasteiger partial charge in [0, 0.05) is 17.2 Å². The lowest BCUT2D eigenvalue weighted by Gasteiger charge is -2.13. The summed E-state index contributed by atoms with van der Waals surface area (Å²) in [5, 5.41) is 11.0. The van der Waals surface area contributed by atoms with Crippen LogP contribution in [0.25, 0.3) is 11.0 Å². The Bertz CT molecular complexity index is 1240. The van der Waals surface area contributed by atoms with Crippen molar-refractivity contribution in [3.8, 4) is 17.2 Å². The van der Waals surface area contributed by atoms with Crippen LogP contribution < -0.4 is 15.1 Å². The second-order valence-corrected chi connectivity index (χ2v) is 6.79. The van der Waals surface area contributed by atoms with Gasteiger partial charge in [-0.05, 0) is 0 Å². The molecule has 2 atom stereocenters. The van der Waals surface area contributed by atoms with Crippen LogP contribution in [0.1, 0.15) is 33.8 Å². The third-order valence-electron chi connectivity index (χ3n) is 5.18. The third-order valence-corrected chi connectivity index (χ3v) is 5.18. The summed E-state index contributed by atoms with van der Waals surface area (Å²) in [5.41, 5.74) is -0.808. The highest BCUT2D eigenvalue weighted by molar-refractivity contribution is 6.13. The molecule has 0 amide bonds. The zero-order valence-corrected chi connectivity index (χ0v) is 15.1. The normalized spacial score (nSPS) is 19.4. The monoisotopic (exact) mass is 394 g/mol. The summed E-state index contributed by atoms with van der Waals surface area (Å²) in [4.78, 5) is 37.2. The van der Waals surface area contributed by atoms with E-state index in [9.17, 15) is 19.5 Å². The van der Waals surface area contributed by atoms with Gasteiger partial charge in [0.1, 0.15) is 22.6 Å². The molecule has 8 heteroatoms. The number of hydrogen-bond donors (Lipinski definition) is 1. The first-order chi connectivity index (χ1) is 14.0. The van der Waals surface area contributed by atoms with E-state index < -0.39 is 40.9 Å². The summed E-state index contributed by atoms with van der Waals surface area (Å²) in [6.45, 7) is 0. The van der Waals surface area contributed by atoms with Gasteiger partial charge in [0.15, 0.2) is 11.1 Å². The Hall–Kier alpha value is -3.81. The quantitative estimate of drug-likeness (QED) is 0.410. The van der Waals surface area contributed by atoms with Crippen molar-refractivity contribution in [1.29, 1.82) is 0 Å². The molecular weight excluding hydrogens is 380 g/mol. The predicted molar refractivity (Wildman–Crippen MR) is 98.4 cm³/mol. The number of ketones is 1. The number of benzene rings is 2. The number of aromatic hydroxyl groups is 1. The maximum Gasteiger partial charge on any atom is 0.351 e. The van der Waals surface area contributed by atoms with Gasteiger partial charge in [-0.15, -0.1) is 0 Å². The smallest absolute Gasteiger partial charge is 0.351 e. The molecule has 8 nitrogen and oxygen atoms in total. The number of carbonyl (C=O) groups excluding carboxylic acids is 2. The molecule has 1 N–H and O–H groups in total. The minimum atomic E-state index is -0.993. The zero-order valence-electron chi connectivity index (χ0n) is 15.1. The van der Waals surface area contributed by atoms with Crippen LogP contribution in [0.4, 0.5) is 0 Å². The topological polar surface area (TPSA) is 112 Å². The highest BCUT2D eigenvalue weighted by Crippen LogP contribution is 2.51. The highest BCUT2D eigenvalue weighted by atomic mass is 16.7. The van der Waals surface area contributed by atoms with Crippen molar-refractivity contribution in [1.82, 2.24) is 0 Å². The maximum absolute atomic E-state index is 12.8. The average molecular weight is 394 g/mol. The number of esters is 1. The van der Waals surface area contributed by atoms with E-state index in [1.807, 2.05) is 0 Å². The van der Waals surface area contributed by atoms with Crippen molar-refractivity contribution in [2.45, 2.75) is 18.6 Å². The van der Waals surface area contributed by atoms with Crippen LogP contribution in [0.15, 0.2) is 45.6 Å². The molecule has 29 heavy (non-hydrogen) atoms. The van der Waals surface area contributed by atoms with E-state index in [4.69, 9.17) is 18.6 Å². The van der Waals surface area contributed by atoms with Gasteiger partial charge in [-0.3, -0.25) is 9.59 Å². The highest BCUT2D eigenvalue weighted by Gasteiger charge is 2.47. The Morgan fingerprint density at radius 3 is 2.66 bits per heavy atom. The van der Waals surface area contributed by atoms with E-state index in [0.717, 1.165) is 0 Å². The fourth-order valence-electron chi connectivity index (χ4n) is 3.87. The standard InChI is InChI=1S/C21H14O8/c1-26-11-8-12-14(10-7-13(22)28-21(10)27-12)19-15(11)18(24)16(20(25)29-19)17(23)9-5-3-2-4-6-9/h2-6,8,10,21,24H,7H2,1H3. The van der Waals surface area contributed by atoms with Gasteiger partial charge < -0.3 is 23.7 Å². The molecule has 0 radical (unpaired) electrons. The Labute approximate surface area is 163 Å². The van der Waals surface area contributed by atoms with E-state index in [0.29, 0.717) is 11.3 Å². The lowest BCUT2D eigenvalue weighted by atomic mass is 9.94. The molecule has 3 aromatic rings. The summed E-state index contributed by atoms with van der Waals surface area (Å²) in [5.74, 6) is -1.63. The Morgan fingerprint density at radius 1 is 1.17 bits per heavy atom. The number of methoxy groups -OCH3 is 1. The van der Waals surface area contributed by atoms with Crippen molar-refractivity contribution in [2.24, 2.45) is 0 Å². The van der Waals surface area contributed by atoms with Crippen LogP contribution >= 0.6 is 0 Å². The maximum atomic E-state index is 12.8. The lowest BCUT2D eigenvalue weighted by molar-refractivity contribution is -0.150. The molecule has 0 spiro atoms. The lowest BCUT2D eigenvalue weighted by Crippen LogP contribution is -2.16. The second kappa shape index (κ2) is 6.10. The van der Waals surface area contributed by atoms with Crippen LogP contribution in [0, 0.1) is 0 Å². The third kappa shape index (κ3) is 2.42. The summed E-state index contributed by atoms with van der Waals surface area (Å²) >= 11 is 0. The molecule has 2 unspecified atom stereocenters. The van der Waals surface area contributed by atoms with Crippen molar-refractivity contribution >= 4 is 22.7 Å². The summed E-state index contributed by atoms with van der Waals surface area (Å²) in [6, 6.07) is 9.61. The average Bonchev–Trinajstić information content (AvgIpc) is 3.22. The number of rotatable bonds is 3. The Balaban J connectivity index is 1.79. The fraction of sp³-hybridized carbons (Fsp3) is 0.190. The molecule has 0 aliphatic carbocycles. The SMILES string of the molecule is COc1cc2c(c3oc(=O)c(C(=O)c4ccccc4)c(O)c13)C1CC(=O)OC1O2. The molecule has 0 saturated carbocycles. The fourth-order valence-corrected chi connectivity index (χ4v) is 3.87. The number of fused-ring (bicyclic) bond motifs is 5. The summed E-state index contributed by atoms with van der Waals surface area (Å²) in [7, 11) is 1.38. The molecule has 2 aromatic carbocycles. The van der Waals surface area contributed by atoms with E-state index in [1.165, 1.54) is 25.3 Å². The molecule has 146 valence electrons. The van der Waals surface area contributed by atoms with Gasteiger partial charge in [0.25, 0.3) is 6.29 Å². The van der Waals surface area contributed by atoms with Gasteiger partial charge >= 0.3 is 11.6 Å². The zero-order chi connectivity index (χ0) is 20.3. The molecule has 3 heterocycles. The molecular formula is C21H14O8. The predicted octanol–water partition coefficient (Wildman–Crippen LogP) is 2.49. The van der Waals surface area contributed by atoms with Gasteiger partial charge in [-0.25, -0.2) is 4.79 Å². The van der Waals surface area contributed by atoms with Crippen LogP contribution in [0.5, 0.6) is 17.2 Å².